The highest BCUT2D eigenvalue weighted by Crippen LogP contribution is 2.68. The topological polar surface area (TPSA) is 87.7 Å². The van der Waals surface area contributed by atoms with Crippen molar-refractivity contribution in [3.05, 3.63) is 87.9 Å². The lowest BCUT2D eigenvalue weighted by Crippen LogP contribution is -2.62. The molecule has 2 fully saturated rings. The zero-order valence-electron chi connectivity index (χ0n) is 21.0. The number of carbonyl (C=O) groups is 3. The van der Waals surface area contributed by atoms with Gasteiger partial charge >= 0.3 is 0 Å². The first-order chi connectivity index (χ1) is 18.3. The Bertz CT molecular complexity index is 1570. The monoisotopic (exact) mass is 527 g/mol. The number of rotatable bonds is 3. The van der Waals surface area contributed by atoms with E-state index in [1.165, 1.54) is 0 Å². The van der Waals surface area contributed by atoms with Gasteiger partial charge in [0.15, 0.2) is 5.78 Å². The number of ether oxygens (including phenoxy) is 1. The summed E-state index contributed by atoms with van der Waals surface area (Å²) in [6.45, 7) is 2.48. The molecule has 4 heterocycles. The molecule has 0 aromatic heterocycles. The van der Waals surface area contributed by atoms with Crippen molar-refractivity contribution in [2.45, 2.75) is 36.8 Å². The number of methoxy groups -OCH3 is 1. The van der Waals surface area contributed by atoms with Crippen molar-refractivity contribution < 1.29 is 19.1 Å². The Hall–Kier alpha value is -3.68. The number of aryl methyl sites for hydroxylation is 1. The highest BCUT2D eigenvalue weighted by molar-refractivity contribution is 6.31. The Balaban J connectivity index is 1.59. The molecule has 0 unspecified atom stereocenters. The quantitative estimate of drug-likeness (QED) is 0.483. The van der Waals surface area contributed by atoms with Crippen LogP contribution in [0.25, 0.3) is 0 Å². The largest absolute Gasteiger partial charge is 0.497 e. The average Bonchev–Trinajstić information content (AvgIpc) is 3.63. The van der Waals surface area contributed by atoms with Crippen molar-refractivity contribution in [1.29, 1.82) is 0 Å². The van der Waals surface area contributed by atoms with Crippen LogP contribution < -0.4 is 15.4 Å². The molecular weight excluding hydrogens is 502 g/mol. The second-order valence-corrected chi connectivity index (χ2v) is 11.0. The zero-order valence-corrected chi connectivity index (χ0v) is 21.8. The van der Waals surface area contributed by atoms with E-state index < -0.39 is 16.9 Å². The van der Waals surface area contributed by atoms with Crippen molar-refractivity contribution in [2.24, 2.45) is 5.92 Å². The second kappa shape index (κ2) is 7.91. The molecule has 8 heteroatoms. The molecule has 7 rings (SSSR count). The van der Waals surface area contributed by atoms with Gasteiger partial charge in [-0.1, -0.05) is 41.9 Å². The lowest BCUT2D eigenvalue weighted by Gasteiger charge is -2.43. The van der Waals surface area contributed by atoms with Crippen molar-refractivity contribution in [3.63, 3.8) is 0 Å². The maximum atomic E-state index is 14.6. The van der Waals surface area contributed by atoms with Crippen LogP contribution in [0.15, 0.2) is 60.7 Å². The SMILES string of the molecule is COc1cccc(C(=O)[C@@H]2[C@H]3CCCN3[C@@]3(C(=O)Nc4c(C)cc(Cl)cc43)[C@]23C(=O)Nc2ccccc23)c1. The van der Waals surface area contributed by atoms with E-state index in [4.69, 9.17) is 16.3 Å². The van der Waals surface area contributed by atoms with Gasteiger partial charge in [-0.25, -0.2) is 0 Å². The van der Waals surface area contributed by atoms with Crippen LogP contribution in [-0.2, 0) is 20.5 Å². The van der Waals surface area contributed by atoms with E-state index >= 15 is 0 Å². The lowest BCUT2D eigenvalue weighted by atomic mass is 9.57. The van der Waals surface area contributed by atoms with Crippen LogP contribution in [-0.4, -0.2) is 42.2 Å². The molecule has 192 valence electrons. The minimum Gasteiger partial charge on any atom is -0.497 e. The Morgan fingerprint density at radius 3 is 2.66 bits per heavy atom. The highest BCUT2D eigenvalue weighted by atomic mass is 35.5. The van der Waals surface area contributed by atoms with Crippen LogP contribution in [0.3, 0.4) is 0 Å². The Labute approximate surface area is 225 Å². The van der Waals surface area contributed by atoms with Gasteiger partial charge in [0.1, 0.15) is 16.7 Å². The van der Waals surface area contributed by atoms with Gasteiger partial charge in [-0.3, -0.25) is 19.3 Å². The number of benzene rings is 3. The molecule has 4 aliphatic rings. The predicted octanol–water partition coefficient (Wildman–Crippen LogP) is 4.67. The summed E-state index contributed by atoms with van der Waals surface area (Å²) in [6, 6.07) is 17.7. The summed E-state index contributed by atoms with van der Waals surface area (Å²) < 4.78 is 5.41. The van der Waals surface area contributed by atoms with Crippen LogP contribution in [0.2, 0.25) is 5.02 Å². The zero-order chi connectivity index (χ0) is 26.4. The molecule has 3 aromatic rings. The summed E-state index contributed by atoms with van der Waals surface area (Å²) in [6.07, 6.45) is 1.51. The number of hydrogen-bond donors (Lipinski definition) is 2. The fourth-order valence-electron chi connectivity index (χ4n) is 7.77. The summed E-state index contributed by atoms with van der Waals surface area (Å²) in [5.41, 5.74) is 0.954. The van der Waals surface area contributed by atoms with Crippen molar-refractivity contribution in [2.75, 3.05) is 24.3 Å². The fraction of sp³-hybridized carbons (Fsp3) is 0.300. The average molecular weight is 528 g/mol. The third-order valence-electron chi connectivity index (χ3n) is 9.00. The summed E-state index contributed by atoms with van der Waals surface area (Å²) in [5.74, 6) is -1.06. The number of hydrogen-bond acceptors (Lipinski definition) is 5. The molecule has 2 spiro atoms. The van der Waals surface area contributed by atoms with Crippen LogP contribution in [0.1, 0.15) is 39.9 Å². The Morgan fingerprint density at radius 1 is 1.03 bits per heavy atom. The number of amides is 2. The van der Waals surface area contributed by atoms with Gasteiger partial charge in [0.2, 0.25) is 5.91 Å². The number of nitrogens with one attached hydrogen (secondary N) is 2. The number of fused-ring (bicyclic) bond motifs is 7. The summed E-state index contributed by atoms with van der Waals surface area (Å²) >= 11 is 6.60. The second-order valence-electron chi connectivity index (χ2n) is 10.6. The normalized spacial score (nSPS) is 28.8. The van der Waals surface area contributed by atoms with E-state index in [0.29, 0.717) is 51.8 Å². The number of ketones is 1. The highest BCUT2D eigenvalue weighted by Gasteiger charge is 2.81. The van der Waals surface area contributed by atoms with Crippen molar-refractivity contribution in [3.8, 4) is 5.75 Å². The number of anilines is 2. The lowest BCUT2D eigenvalue weighted by molar-refractivity contribution is -0.137. The van der Waals surface area contributed by atoms with Gasteiger partial charge in [0.05, 0.1) is 13.0 Å². The van der Waals surface area contributed by atoms with Crippen molar-refractivity contribution >= 4 is 40.6 Å². The van der Waals surface area contributed by atoms with E-state index in [1.54, 1.807) is 37.4 Å². The number of halogens is 1. The van der Waals surface area contributed by atoms with Gasteiger partial charge in [-0.15, -0.1) is 0 Å². The molecule has 0 saturated carbocycles. The molecule has 4 aliphatic heterocycles. The van der Waals surface area contributed by atoms with Crippen LogP contribution in [0.4, 0.5) is 11.4 Å². The van der Waals surface area contributed by atoms with Crippen molar-refractivity contribution in [1.82, 2.24) is 4.90 Å². The van der Waals surface area contributed by atoms with E-state index in [0.717, 1.165) is 12.0 Å². The van der Waals surface area contributed by atoms with E-state index in [1.807, 2.05) is 37.3 Å². The molecule has 38 heavy (non-hydrogen) atoms. The minimum absolute atomic E-state index is 0.176. The number of nitrogens with zero attached hydrogens (tertiary/aromatic N) is 1. The van der Waals surface area contributed by atoms with Gasteiger partial charge < -0.3 is 15.4 Å². The standard InChI is InChI=1S/C30H26ClN3O4/c1-16-13-18(31)15-21-25(16)33-28(37)30(21)29(20-9-3-4-10-22(20)32-27(29)36)24(23-11-6-12-34(23)30)26(35)17-7-5-8-19(14-17)38-2/h3-5,7-10,13-15,23-24H,6,11-12H2,1-2H3,(H,32,36)(H,33,37)/t23-,24+,29+,30+/m1/s1. The van der Waals surface area contributed by atoms with Crippen LogP contribution in [0.5, 0.6) is 5.75 Å². The van der Waals surface area contributed by atoms with Gasteiger partial charge in [-0.05, 0) is 67.8 Å². The Morgan fingerprint density at radius 2 is 1.84 bits per heavy atom. The molecular formula is C30H26ClN3O4. The molecule has 2 amide bonds. The first-order valence-electron chi connectivity index (χ1n) is 12.8. The fourth-order valence-corrected chi connectivity index (χ4v) is 8.04. The number of para-hydroxylation sites is 1. The number of Topliss-reactive ketones (excluding diaryl/α,β-unsaturated/α-hetero) is 1. The number of carbonyl (C=O) groups excluding carboxylic acids is 3. The molecule has 3 aromatic carbocycles. The minimum atomic E-state index is -1.50. The molecule has 4 atom stereocenters. The molecule has 2 saturated heterocycles. The van der Waals surface area contributed by atoms with E-state index in [2.05, 4.69) is 15.5 Å². The summed E-state index contributed by atoms with van der Waals surface area (Å²) in [5, 5.41) is 6.65. The Kier molecular flexibility index (Phi) is 4.88. The summed E-state index contributed by atoms with van der Waals surface area (Å²) in [7, 11) is 1.56. The van der Waals surface area contributed by atoms with E-state index in [9.17, 15) is 14.4 Å². The summed E-state index contributed by atoms with van der Waals surface area (Å²) in [4.78, 5) is 45.8. The maximum Gasteiger partial charge on any atom is 0.251 e. The predicted molar refractivity (Wildman–Crippen MR) is 144 cm³/mol. The van der Waals surface area contributed by atoms with Gasteiger partial charge in [0.25, 0.3) is 5.91 Å². The molecule has 7 nitrogen and oxygen atoms in total. The molecule has 0 aliphatic carbocycles. The first-order valence-corrected chi connectivity index (χ1v) is 13.2. The van der Waals surface area contributed by atoms with Crippen LogP contribution >= 0.6 is 11.6 Å². The van der Waals surface area contributed by atoms with Crippen LogP contribution in [0, 0.1) is 12.8 Å². The van der Waals surface area contributed by atoms with Gasteiger partial charge in [-0.2, -0.15) is 0 Å². The maximum absolute atomic E-state index is 14.6. The van der Waals surface area contributed by atoms with E-state index in [-0.39, 0.29) is 23.6 Å². The third-order valence-corrected chi connectivity index (χ3v) is 9.22. The third kappa shape index (κ3) is 2.60. The first kappa shape index (κ1) is 23.4. The van der Waals surface area contributed by atoms with Gasteiger partial charge in [0, 0.05) is 33.6 Å². The molecule has 2 N–H and O–H groups in total. The molecule has 0 radical (unpaired) electrons. The smallest absolute Gasteiger partial charge is 0.251 e. The molecule has 0 bridgehead atoms.